The molecule has 6 nitrogen and oxygen atoms in total. The summed E-state index contributed by atoms with van der Waals surface area (Å²) in [7, 11) is 0. The number of amides is 3. The van der Waals surface area contributed by atoms with Crippen LogP contribution in [0.2, 0.25) is 0 Å². The van der Waals surface area contributed by atoms with Crippen molar-refractivity contribution >= 4 is 29.1 Å². The van der Waals surface area contributed by atoms with Gasteiger partial charge in [0.25, 0.3) is 17.7 Å². The highest BCUT2D eigenvalue weighted by Crippen LogP contribution is 2.33. The molecule has 0 spiro atoms. The molecule has 140 valence electrons. The van der Waals surface area contributed by atoms with Crippen molar-refractivity contribution in [3.8, 4) is 0 Å². The van der Waals surface area contributed by atoms with Gasteiger partial charge in [-0.25, -0.2) is 9.29 Å². The topological polar surface area (TPSA) is 79.6 Å². The van der Waals surface area contributed by atoms with E-state index in [-0.39, 0.29) is 28.3 Å². The van der Waals surface area contributed by atoms with Gasteiger partial charge in [0, 0.05) is 11.6 Å². The number of hydrogen-bond acceptors (Lipinski definition) is 4. The number of fused-ring (bicyclic) bond motifs is 1. The highest BCUT2D eigenvalue weighted by molar-refractivity contribution is 6.34. The van der Waals surface area contributed by atoms with E-state index in [0.717, 1.165) is 11.0 Å². The second-order valence-electron chi connectivity index (χ2n) is 6.50. The Morgan fingerprint density at radius 1 is 1.00 bits per heavy atom. The van der Waals surface area contributed by atoms with E-state index in [1.165, 1.54) is 12.3 Å². The predicted molar refractivity (Wildman–Crippen MR) is 100 cm³/mol. The Kier molecular flexibility index (Phi) is 4.07. The van der Waals surface area contributed by atoms with Crippen LogP contribution in [-0.4, -0.2) is 17.7 Å². The molecule has 0 bridgehead atoms. The van der Waals surface area contributed by atoms with E-state index < -0.39 is 23.5 Å². The average Bonchev–Trinajstić information content (AvgIpc) is 3.20. The Bertz CT molecular complexity index is 1110. The van der Waals surface area contributed by atoms with Crippen LogP contribution in [0.4, 0.5) is 15.8 Å². The molecule has 0 atom stereocenters. The van der Waals surface area contributed by atoms with Crippen LogP contribution < -0.4 is 10.2 Å². The Morgan fingerprint density at radius 3 is 2.21 bits per heavy atom. The van der Waals surface area contributed by atoms with E-state index in [9.17, 15) is 18.8 Å². The van der Waals surface area contributed by atoms with Crippen LogP contribution in [-0.2, 0) is 0 Å². The number of aryl methyl sites for hydroxylation is 2. The molecule has 1 aliphatic heterocycles. The van der Waals surface area contributed by atoms with Gasteiger partial charge in [-0.1, -0.05) is 12.1 Å². The number of nitrogens with zero attached hydrogens (tertiary/aromatic N) is 1. The van der Waals surface area contributed by atoms with Gasteiger partial charge in [0.05, 0.1) is 28.8 Å². The van der Waals surface area contributed by atoms with Crippen molar-refractivity contribution in [2.24, 2.45) is 0 Å². The summed E-state index contributed by atoms with van der Waals surface area (Å²) < 4.78 is 19.8. The molecule has 0 unspecified atom stereocenters. The first-order valence-electron chi connectivity index (χ1n) is 8.52. The van der Waals surface area contributed by atoms with Crippen molar-refractivity contribution in [3.05, 3.63) is 82.6 Å². The van der Waals surface area contributed by atoms with Crippen LogP contribution in [0.3, 0.4) is 0 Å². The number of anilines is 2. The number of carbonyl (C=O) groups is 3. The second kappa shape index (κ2) is 6.45. The molecular formula is C21H15FN2O4. The Hall–Kier alpha value is -3.74. The van der Waals surface area contributed by atoms with Gasteiger partial charge in [0.15, 0.2) is 5.76 Å². The number of benzene rings is 2. The summed E-state index contributed by atoms with van der Waals surface area (Å²) in [5.74, 6) is -2.29. The number of furan rings is 1. The molecule has 2 heterocycles. The third kappa shape index (κ3) is 2.68. The Balaban J connectivity index is 1.67. The lowest BCUT2D eigenvalue weighted by atomic mass is 10.1. The molecule has 1 aliphatic rings. The first-order chi connectivity index (χ1) is 13.4. The number of hydrogen-bond donors (Lipinski definition) is 1. The maximum absolute atomic E-state index is 14.7. The van der Waals surface area contributed by atoms with Crippen LogP contribution >= 0.6 is 0 Å². The molecule has 1 aromatic heterocycles. The van der Waals surface area contributed by atoms with Gasteiger partial charge in [0.1, 0.15) is 5.82 Å². The summed E-state index contributed by atoms with van der Waals surface area (Å²) >= 11 is 0. The molecular weight excluding hydrogens is 363 g/mol. The van der Waals surface area contributed by atoms with Crippen LogP contribution in [0, 0.1) is 19.7 Å². The number of imide groups is 1. The molecule has 3 aromatic rings. The van der Waals surface area contributed by atoms with Gasteiger partial charge >= 0.3 is 0 Å². The van der Waals surface area contributed by atoms with E-state index in [4.69, 9.17) is 4.42 Å². The van der Waals surface area contributed by atoms with E-state index in [2.05, 4.69) is 5.32 Å². The molecule has 4 rings (SSSR count). The van der Waals surface area contributed by atoms with Gasteiger partial charge in [-0.3, -0.25) is 14.4 Å². The van der Waals surface area contributed by atoms with Crippen LogP contribution in [0.15, 0.2) is 53.1 Å². The second-order valence-corrected chi connectivity index (χ2v) is 6.50. The van der Waals surface area contributed by atoms with Gasteiger partial charge < -0.3 is 9.73 Å². The van der Waals surface area contributed by atoms with Gasteiger partial charge in [-0.05, 0) is 43.7 Å². The third-order valence-corrected chi connectivity index (χ3v) is 4.64. The quantitative estimate of drug-likeness (QED) is 0.696. The fraction of sp³-hybridized carbons (Fsp3) is 0.0952. The Morgan fingerprint density at radius 2 is 1.64 bits per heavy atom. The standard InChI is InChI=1S/C21H15FN2O4/c1-11-7-8-28-18(11)19(25)23-16-9-12(2)17(10-15(16)22)24-20(26)13-5-3-4-6-14(13)21(24)27/h3-10H,1-2H3,(H,23,25). The average molecular weight is 378 g/mol. The first-order valence-corrected chi connectivity index (χ1v) is 8.52. The molecule has 0 saturated carbocycles. The minimum absolute atomic E-state index is 0.0707. The largest absolute Gasteiger partial charge is 0.459 e. The molecule has 2 aromatic carbocycles. The smallest absolute Gasteiger partial charge is 0.291 e. The number of carbonyl (C=O) groups excluding carboxylic acids is 3. The first kappa shape index (κ1) is 17.7. The molecule has 7 heteroatoms. The van der Waals surface area contributed by atoms with Gasteiger partial charge in [-0.15, -0.1) is 0 Å². The van der Waals surface area contributed by atoms with Crippen molar-refractivity contribution in [3.63, 3.8) is 0 Å². The maximum atomic E-state index is 14.7. The zero-order valence-electron chi connectivity index (χ0n) is 15.1. The fourth-order valence-corrected chi connectivity index (χ4v) is 3.20. The summed E-state index contributed by atoms with van der Waals surface area (Å²) in [4.78, 5) is 38.5. The van der Waals surface area contributed by atoms with Crippen LogP contribution in [0.25, 0.3) is 0 Å². The van der Waals surface area contributed by atoms with E-state index in [1.54, 1.807) is 44.2 Å². The van der Waals surface area contributed by atoms with Crippen molar-refractivity contribution < 1.29 is 23.2 Å². The maximum Gasteiger partial charge on any atom is 0.291 e. The normalized spacial score (nSPS) is 13.0. The van der Waals surface area contributed by atoms with Crippen molar-refractivity contribution in [2.75, 3.05) is 10.2 Å². The van der Waals surface area contributed by atoms with Crippen LogP contribution in [0.5, 0.6) is 0 Å². The highest BCUT2D eigenvalue weighted by Gasteiger charge is 2.37. The molecule has 0 aliphatic carbocycles. The molecule has 1 N–H and O–H groups in total. The number of rotatable bonds is 3. The SMILES string of the molecule is Cc1cc(NC(=O)c2occc2C)c(F)cc1N1C(=O)c2ccccc2C1=O. The van der Waals surface area contributed by atoms with E-state index in [0.29, 0.717) is 11.1 Å². The summed E-state index contributed by atoms with van der Waals surface area (Å²) in [5, 5.41) is 2.46. The lowest BCUT2D eigenvalue weighted by Gasteiger charge is -2.18. The molecule has 0 radical (unpaired) electrons. The monoisotopic (exact) mass is 378 g/mol. The zero-order chi connectivity index (χ0) is 20.0. The van der Waals surface area contributed by atoms with Crippen LogP contribution in [0.1, 0.15) is 42.4 Å². The van der Waals surface area contributed by atoms with Gasteiger partial charge in [0.2, 0.25) is 0 Å². The predicted octanol–water partition coefficient (Wildman–Crippen LogP) is 4.09. The molecule has 0 fully saturated rings. The third-order valence-electron chi connectivity index (χ3n) is 4.64. The summed E-state index contributed by atoms with van der Waals surface area (Å²) in [5.41, 5.74) is 1.70. The minimum Gasteiger partial charge on any atom is -0.459 e. The summed E-state index contributed by atoms with van der Waals surface area (Å²) in [6.45, 7) is 3.33. The number of halogens is 1. The zero-order valence-corrected chi connectivity index (χ0v) is 15.1. The highest BCUT2D eigenvalue weighted by atomic mass is 19.1. The van der Waals surface area contributed by atoms with E-state index in [1.807, 2.05) is 0 Å². The summed E-state index contributed by atoms with van der Waals surface area (Å²) in [6.07, 6.45) is 1.37. The molecule has 28 heavy (non-hydrogen) atoms. The number of nitrogens with one attached hydrogen (secondary N) is 1. The molecule has 3 amide bonds. The fourth-order valence-electron chi connectivity index (χ4n) is 3.20. The Labute approximate surface area is 159 Å². The lowest BCUT2D eigenvalue weighted by molar-refractivity contribution is 0.0924. The van der Waals surface area contributed by atoms with Crippen molar-refractivity contribution in [2.45, 2.75) is 13.8 Å². The molecule has 0 saturated heterocycles. The van der Waals surface area contributed by atoms with Gasteiger partial charge in [-0.2, -0.15) is 0 Å². The minimum atomic E-state index is -0.769. The van der Waals surface area contributed by atoms with Crippen molar-refractivity contribution in [1.82, 2.24) is 0 Å². The van der Waals surface area contributed by atoms with E-state index >= 15 is 0 Å². The lowest BCUT2D eigenvalue weighted by Crippen LogP contribution is -2.30. The summed E-state index contributed by atoms with van der Waals surface area (Å²) in [6, 6.07) is 10.5. The van der Waals surface area contributed by atoms with Crippen molar-refractivity contribution in [1.29, 1.82) is 0 Å².